The number of carbonyl (C=O) groups is 4. The summed E-state index contributed by atoms with van der Waals surface area (Å²) in [5.41, 5.74) is 0. The summed E-state index contributed by atoms with van der Waals surface area (Å²) in [4.78, 5) is 48.9. The van der Waals surface area contributed by atoms with Gasteiger partial charge in [0.05, 0.1) is 20.4 Å². The first kappa shape index (κ1) is 20.7. The summed E-state index contributed by atoms with van der Waals surface area (Å²) >= 11 is 0. The Hall–Kier alpha value is -3.37. The molecule has 1 aromatic rings. The molecule has 0 saturated heterocycles. The quantitative estimate of drug-likeness (QED) is 0.527. The van der Waals surface area contributed by atoms with Gasteiger partial charge in [0.15, 0.2) is 18.0 Å². The van der Waals surface area contributed by atoms with Crippen molar-refractivity contribution in [2.45, 2.75) is 26.1 Å². The highest BCUT2D eigenvalue weighted by molar-refractivity contribution is 5.78. The van der Waals surface area contributed by atoms with E-state index >= 15 is 0 Å². The Bertz CT molecular complexity index is 600. The van der Waals surface area contributed by atoms with Crippen molar-refractivity contribution < 1.29 is 47.6 Å². The van der Waals surface area contributed by atoms with Crippen molar-refractivity contribution in [2.24, 2.45) is 0 Å². The van der Waals surface area contributed by atoms with E-state index in [9.17, 15) is 19.2 Å². The molecule has 1 heterocycles. The summed E-state index contributed by atoms with van der Waals surface area (Å²) in [6.45, 7) is 2.61. The van der Waals surface area contributed by atoms with Gasteiger partial charge in [-0.3, -0.25) is 0 Å². The van der Waals surface area contributed by atoms with Gasteiger partial charge in [0.25, 0.3) is 0 Å². The summed E-state index contributed by atoms with van der Waals surface area (Å²) in [6.07, 6.45) is -3.55. The fourth-order valence-electron chi connectivity index (χ4n) is 1.43. The first-order valence-electron chi connectivity index (χ1n) is 7.15. The third-order valence-corrected chi connectivity index (χ3v) is 2.71. The number of carbonyl (C=O) groups excluding carboxylic acids is 4. The van der Waals surface area contributed by atoms with E-state index < -0.39 is 36.5 Å². The molecule has 2 atom stereocenters. The molecule has 11 nitrogen and oxygen atoms in total. The zero-order valence-electron chi connectivity index (χ0n) is 14.4. The molecule has 0 bridgehead atoms. The molecule has 0 aromatic carbocycles. The van der Waals surface area contributed by atoms with Gasteiger partial charge in [0, 0.05) is 6.07 Å². The average molecular weight is 371 g/mol. The normalized spacial score (nSPS) is 12.2. The van der Waals surface area contributed by atoms with Crippen molar-refractivity contribution >= 4 is 24.2 Å². The van der Waals surface area contributed by atoms with E-state index in [1.165, 1.54) is 26.0 Å². The van der Waals surface area contributed by atoms with Gasteiger partial charge >= 0.3 is 24.2 Å². The minimum atomic E-state index is -1.17. The molecule has 0 radical (unpaired) electrons. The number of nitrogens with zero attached hydrogens (tertiary/aromatic N) is 1. The zero-order chi connectivity index (χ0) is 19.7. The predicted molar refractivity (Wildman–Crippen MR) is 81.4 cm³/mol. The summed E-state index contributed by atoms with van der Waals surface area (Å²) in [7, 11) is 2.29. The highest BCUT2D eigenvalue weighted by atomic mass is 16.7. The number of hydrogen-bond donors (Lipinski definition) is 0. The lowest BCUT2D eigenvalue weighted by Gasteiger charge is -2.11. The second-order valence-corrected chi connectivity index (χ2v) is 4.60. The lowest BCUT2D eigenvalue weighted by molar-refractivity contribution is -0.150. The first-order chi connectivity index (χ1) is 12.3. The average Bonchev–Trinajstić information content (AvgIpc) is 2.61. The number of pyridine rings is 1. The zero-order valence-corrected chi connectivity index (χ0v) is 14.4. The molecule has 0 fully saturated rings. The molecule has 0 aliphatic carbocycles. The minimum Gasteiger partial charge on any atom is -0.466 e. The van der Waals surface area contributed by atoms with E-state index in [-0.39, 0.29) is 11.6 Å². The number of ether oxygens (including phenoxy) is 6. The number of methoxy groups -OCH3 is 2. The molecule has 0 aliphatic rings. The van der Waals surface area contributed by atoms with Crippen LogP contribution in [-0.2, 0) is 28.5 Å². The Morgan fingerprint density at radius 3 is 1.77 bits per heavy atom. The van der Waals surface area contributed by atoms with E-state index in [1.807, 2.05) is 0 Å². The fourth-order valence-corrected chi connectivity index (χ4v) is 1.43. The van der Waals surface area contributed by atoms with Crippen molar-refractivity contribution in [1.29, 1.82) is 0 Å². The van der Waals surface area contributed by atoms with Crippen molar-refractivity contribution in [2.75, 3.05) is 14.2 Å². The van der Waals surface area contributed by atoms with Gasteiger partial charge in [-0.05, 0) is 19.9 Å². The summed E-state index contributed by atoms with van der Waals surface area (Å²) in [6, 6.07) is 2.46. The maximum absolute atomic E-state index is 11.5. The molecule has 1 rings (SSSR count). The molecule has 0 aliphatic heterocycles. The Balaban J connectivity index is 2.53. The van der Waals surface area contributed by atoms with Gasteiger partial charge in [0.2, 0.25) is 5.88 Å². The molecule has 2 unspecified atom stereocenters. The fraction of sp³-hybridized carbons (Fsp3) is 0.400. The highest BCUT2D eigenvalue weighted by Gasteiger charge is 2.21. The predicted octanol–water partition coefficient (Wildman–Crippen LogP) is 1.24. The van der Waals surface area contributed by atoms with Crippen molar-refractivity contribution in [3.05, 3.63) is 18.3 Å². The molecule has 142 valence electrons. The molecule has 0 spiro atoms. The van der Waals surface area contributed by atoms with Gasteiger partial charge in [0.1, 0.15) is 0 Å². The second kappa shape index (κ2) is 9.81. The Labute approximate surface area is 148 Å². The van der Waals surface area contributed by atoms with E-state index in [2.05, 4.69) is 23.9 Å². The van der Waals surface area contributed by atoms with Crippen LogP contribution in [0.1, 0.15) is 13.8 Å². The molecule has 11 heteroatoms. The molecule has 0 amide bonds. The lowest BCUT2D eigenvalue weighted by atomic mass is 10.4. The Morgan fingerprint density at radius 2 is 1.35 bits per heavy atom. The van der Waals surface area contributed by atoms with Gasteiger partial charge in [-0.15, -0.1) is 0 Å². The van der Waals surface area contributed by atoms with Crippen LogP contribution in [0.4, 0.5) is 9.59 Å². The van der Waals surface area contributed by atoms with Crippen LogP contribution in [0.2, 0.25) is 0 Å². The van der Waals surface area contributed by atoms with Gasteiger partial charge < -0.3 is 28.4 Å². The minimum absolute atomic E-state index is 0.0317. The molecular weight excluding hydrogens is 354 g/mol. The summed E-state index contributed by atoms with van der Waals surface area (Å²) in [5.74, 6) is -1.70. The smallest absolute Gasteiger partial charge is 0.466 e. The monoisotopic (exact) mass is 371 g/mol. The van der Waals surface area contributed by atoms with Gasteiger partial charge in [-0.1, -0.05) is 0 Å². The van der Waals surface area contributed by atoms with Gasteiger partial charge in [-0.2, -0.15) is 0 Å². The van der Waals surface area contributed by atoms with Crippen LogP contribution < -0.4 is 9.47 Å². The number of hydrogen-bond acceptors (Lipinski definition) is 11. The van der Waals surface area contributed by atoms with E-state index in [1.54, 1.807) is 0 Å². The van der Waals surface area contributed by atoms with Crippen molar-refractivity contribution in [3.8, 4) is 11.6 Å². The van der Waals surface area contributed by atoms with Crippen LogP contribution in [0.15, 0.2) is 18.3 Å². The third kappa shape index (κ3) is 6.63. The van der Waals surface area contributed by atoms with Crippen LogP contribution in [0.3, 0.4) is 0 Å². The van der Waals surface area contributed by atoms with Crippen LogP contribution in [0.5, 0.6) is 11.6 Å². The summed E-state index contributed by atoms with van der Waals surface area (Å²) in [5, 5.41) is 0. The lowest BCUT2D eigenvalue weighted by Crippen LogP contribution is -2.27. The topological polar surface area (TPSA) is 137 Å². The number of rotatable bonds is 6. The maximum Gasteiger partial charge on any atom is 0.516 e. The van der Waals surface area contributed by atoms with E-state index in [4.69, 9.17) is 9.47 Å². The third-order valence-electron chi connectivity index (χ3n) is 2.71. The second-order valence-electron chi connectivity index (χ2n) is 4.60. The molecule has 26 heavy (non-hydrogen) atoms. The number of esters is 2. The standard InChI is InChI=1S/C15H17NO10/c1-8(12(17)21-3)23-14(19)25-10-5-6-11(16-7-10)26-15(20)24-9(2)13(18)22-4/h5-9H,1-4H3. The first-order valence-corrected chi connectivity index (χ1v) is 7.15. The van der Waals surface area contributed by atoms with E-state index in [0.29, 0.717) is 0 Å². The van der Waals surface area contributed by atoms with Crippen LogP contribution in [-0.4, -0.2) is 55.7 Å². The molecule has 0 N–H and O–H groups in total. The molecular formula is C15H17NO10. The van der Waals surface area contributed by atoms with E-state index in [0.717, 1.165) is 20.4 Å². The van der Waals surface area contributed by atoms with Crippen LogP contribution in [0, 0.1) is 0 Å². The van der Waals surface area contributed by atoms with Crippen molar-refractivity contribution in [1.82, 2.24) is 4.98 Å². The Morgan fingerprint density at radius 1 is 0.846 bits per heavy atom. The Kier molecular flexibility index (Phi) is 7.80. The van der Waals surface area contributed by atoms with Crippen molar-refractivity contribution in [3.63, 3.8) is 0 Å². The van der Waals surface area contributed by atoms with Crippen LogP contribution >= 0.6 is 0 Å². The highest BCUT2D eigenvalue weighted by Crippen LogP contribution is 2.15. The maximum atomic E-state index is 11.5. The molecule has 0 saturated carbocycles. The number of aromatic nitrogens is 1. The SMILES string of the molecule is COC(=O)C(C)OC(=O)Oc1ccc(OC(=O)OC(C)C(=O)OC)nc1. The summed E-state index contributed by atoms with van der Waals surface area (Å²) < 4.78 is 27.6. The van der Waals surface area contributed by atoms with Gasteiger partial charge in [-0.25, -0.2) is 24.2 Å². The largest absolute Gasteiger partial charge is 0.516 e. The molecule has 1 aromatic heterocycles. The van der Waals surface area contributed by atoms with Crippen LogP contribution in [0.25, 0.3) is 0 Å².